The van der Waals surface area contributed by atoms with Crippen molar-refractivity contribution in [1.29, 1.82) is 0 Å². The zero-order valence-corrected chi connectivity index (χ0v) is 15.7. The molecule has 1 aromatic carbocycles. The van der Waals surface area contributed by atoms with Gasteiger partial charge in [0.2, 0.25) is 5.13 Å². The predicted octanol–water partition coefficient (Wildman–Crippen LogP) is 5.97. The molecule has 0 N–H and O–H groups in total. The van der Waals surface area contributed by atoms with E-state index in [2.05, 4.69) is 30.9 Å². The largest absolute Gasteiger partial charge is 0.435 e. The lowest BCUT2D eigenvalue weighted by Gasteiger charge is -2.34. The van der Waals surface area contributed by atoms with E-state index in [-0.39, 0.29) is 11.3 Å². The van der Waals surface area contributed by atoms with Gasteiger partial charge in [-0.2, -0.15) is 18.3 Å². The van der Waals surface area contributed by atoms with Crippen LogP contribution in [0.1, 0.15) is 56.5 Å². The van der Waals surface area contributed by atoms with Crippen molar-refractivity contribution in [1.82, 2.24) is 14.8 Å². The minimum absolute atomic E-state index is 0.0156. The molecule has 2 heterocycles. The highest BCUT2D eigenvalue weighted by atomic mass is 32.1. The standard InChI is InChI=1S/C19H20F3N3S/c1-18(2,3)12-8-6-7-11-15(12)25(24-16(11)19(20,21)22)17-23-13-9-4-5-10-14(13)26-17/h4-5,9-10,12H,6-8H2,1-3H3/t12-/m0/s1. The van der Waals surface area contributed by atoms with Crippen LogP contribution in [0.5, 0.6) is 0 Å². The lowest BCUT2D eigenvalue weighted by atomic mass is 9.71. The van der Waals surface area contributed by atoms with Crippen LogP contribution in [0.15, 0.2) is 24.3 Å². The molecule has 1 aliphatic carbocycles. The van der Waals surface area contributed by atoms with Gasteiger partial charge in [0.1, 0.15) is 0 Å². The van der Waals surface area contributed by atoms with Crippen LogP contribution in [-0.2, 0) is 12.6 Å². The second kappa shape index (κ2) is 5.81. The number of alkyl halides is 3. The molecule has 2 aromatic heterocycles. The smallest absolute Gasteiger partial charge is 0.218 e. The summed E-state index contributed by atoms with van der Waals surface area (Å²) in [6, 6.07) is 7.58. The summed E-state index contributed by atoms with van der Waals surface area (Å²) in [6.07, 6.45) is -2.42. The van der Waals surface area contributed by atoms with Crippen LogP contribution >= 0.6 is 11.3 Å². The molecule has 0 saturated carbocycles. The summed E-state index contributed by atoms with van der Waals surface area (Å²) in [5, 5.41) is 4.54. The second-order valence-electron chi connectivity index (χ2n) is 7.90. The van der Waals surface area contributed by atoms with Gasteiger partial charge in [0.05, 0.1) is 15.9 Å². The average Bonchev–Trinajstić information content (AvgIpc) is 3.14. The van der Waals surface area contributed by atoms with Gasteiger partial charge < -0.3 is 0 Å². The predicted molar refractivity (Wildman–Crippen MR) is 96.9 cm³/mol. The quantitative estimate of drug-likeness (QED) is 0.522. The molecule has 0 unspecified atom stereocenters. The Morgan fingerprint density at radius 1 is 1.15 bits per heavy atom. The van der Waals surface area contributed by atoms with Gasteiger partial charge in [0, 0.05) is 11.5 Å². The average molecular weight is 379 g/mol. The van der Waals surface area contributed by atoms with Gasteiger partial charge in [-0.3, -0.25) is 0 Å². The highest BCUT2D eigenvalue weighted by Crippen LogP contribution is 2.47. The van der Waals surface area contributed by atoms with Crippen molar-refractivity contribution in [3.63, 3.8) is 0 Å². The van der Waals surface area contributed by atoms with Crippen LogP contribution < -0.4 is 0 Å². The summed E-state index contributed by atoms with van der Waals surface area (Å²) in [7, 11) is 0. The molecule has 3 nitrogen and oxygen atoms in total. The Morgan fingerprint density at radius 2 is 1.88 bits per heavy atom. The van der Waals surface area contributed by atoms with Gasteiger partial charge in [-0.05, 0) is 36.8 Å². The van der Waals surface area contributed by atoms with Crippen LogP contribution in [0.2, 0.25) is 0 Å². The maximum absolute atomic E-state index is 13.6. The Kier molecular flexibility index (Phi) is 3.91. The summed E-state index contributed by atoms with van der Waals surface area (Å²) in [6.45, 7) is 6.24. The van der Waals surface area contributed by atoms with E-state index in [4.69, 9.17) is 0 Å². The van der Waals surface area contributed by atoms with Crippen LogP contribution in [0, 0.1) is 5.41 Å². The van der Waals surface area contributed by atoms with Gasteiger partial charge in [-0.1, -0.05) is 44.2 Å². The van der Waals surface area contributed by atoms with E-state index in [9.17, 15) is 13.2 Å². The second-order valence-corrected chi connectivity index (χ2v) is 8.91. The van der Waals surface area contributed by atoms with Crippen LogP contribution in [-0.4, -0.2) is 14.8 Å². The molecule has 7 heteroatoms. The van der Waals surface area contributed by atoms with Crippen LogP contribution in [0.25, 0.3) is 15.3 Å². The molecule has 26 heavy (non-hydrogen) atoms. The normalized spacial score (nSPS) is 18.3. The molecule has 0 aliphatic heterocycles. The van der Waals surface area contributed by atoms with Crippen molar-refractivity contribution in [2.24, 2.45) is 5.41 Å². The van der Waals surface area contributed by atoms with Crippen LogP contribution in [0.3, 0.4) is 0 Å². The number of hydrogen-bond acceptors (Lipinski definition) is 3. The van der Waals surface area contributed by atoms with Gasteiger partial charge in [-0.25, -0.2) is 9.67 Å². The van der Waals surface area contributed by atoms with E-state index in [0.717, 1.165) is 23.1 Å². The summed E-state index contributed by atoms with van der Waals surface area (Å²) in [5.74, 6) is 0.0156. The topological polar surface area (TPSA) is 30.7 Å². The van der Waals surface area contributed by atoms with Crippen molar-refractivity contribution >= 4 is 21.6 Å². The Hall–Kier alpha value is -1.89. The van der Waals surface area contributed by atoms with Crippen molar-refractivity contribution < 1.29 is 13.2 Å². The Morgan fingerprint density at radius 3 is 2.54 bits per heavy atom. The van der Waals surface area contributed by atoms with Crippen molar-refractivity contribution in [3.05, 3.63) is 41.2 Å². The van der Waals surface area contributed by atoms with Crippen molar-refractivity contribution in [2.45, 2.75) is 52.1 Å². The zero-order valence-electron chi connectivity index (χ0n) is 14.9. The highest BCUT2D eigenvalue weighted by Gasteiger charge is 2.44. The molecule has 138 valence electrons. The minimum Gasteiger partial charge on any atom is -0.218 e. The number of thiazole rings is 1. The summed E-state index contributed by atoms with van der Waals surface area (Å²) in [4.78, 5) is 4.55. The monoisotopic (exact) mass is 379 g/mol. The van der Waals surface area contributed by atoms with E-state index in [1.807, 2.05) is 24.3 Å². The number of halogens is 3. The SMILES string of the molecule is CC(C)(C)[C@H]1CCCc2c(C(F)(F)F)nn(-c3nc4ccccc4s3)c21. The first kappa shape index (κ1) is 17.5. The van der Waals surface area contributed by atoms with E-state index < -0.39 is 11.9 Å². The molecule has 0 amide bonds. The van der Waals surface area contributed by atoms with E-state index in [1.165, 1.54) is 16.0 Å². The Balaban J connectivity index is 1.98. The molecule has 1 aliphatic rings. The van der Waals surface area contributed by atoms with Crippen molar-refractivity contribution in [3.8, 4) is 5.13 Å². The first-order valence-electron chi connectivity index (χ1n) is 8.71. The summed E-state index contributed by atoms with van der Waals surface area (Å²) >= 11 is 1.38. The molecule has 1 atom stereocenters. The third-order valence-corrected chi connectivity index (χ3v) is 6.06. The molecular weight excluding hydrogens is 359 g/mol. The van der Waals surface area contributed by atoms with E-state index in [0.29, 0.717) is 22.8 Å². The molecule has 0 saturated heterocycles. The first-order valence-corrected chi connectivity index (χ1v) is 9.53. The first-order chi connectivity index (χ1) is 12.2. The van der Waals surface area contributed by atoms with Gasteiger partial charge in [0.15, 0.2) is 5.69 Å². The molecule has 0 spiro atoms. The van der Waals surface area contributed by atoms with Gasteiger partial charge in [-0.15, -0.1) is 0 Å². The van der Waals surface area contributed by atoms with Gasteiger partial charge >= 0.3 is 6.18 Å². The fourth-order valence-electron chi connectivity index (χ4n) is 3.85. The highest BCUT2D eigenvalue weighted by molar-refractivity contribution is 7.20. The van der Waals surface area contributed by atoms with Crippen LogP contribution in [0.4, 0.5) is 13.2 Å². The molecule has 0 fully saturated rings. The third-order valence-electron chi connectivity index (χ3n) is 5.05. The number of hydrogen-bond donors (Lipinski definition) is 0. The lowest BCUT2D eigenvalue weighted by Crippen LogP contribution is -2.25. The number of para-hydroxylation sites is 1. The molecule has 4 rings (SSSR count). The maximum Gasteiger partial charge on any atom is 0.435 e. The minimum atomic E-state index is -4.45. The Labute approximate surface area is 153 Å². The number of nitrogens with zero attached hydrogens (tertiary/aromatic N) is 3. The summed E-state index contributed by atoms with van der Waals surface area (Å²) in [5.41, 5.74) is 0.930. The van der Waals surface area contributed by atoms with E-state index in [1.54, 1.807) is 0 Å². The fraction of sp³-hybridized carbons (Fsp3) is 0.474. The lowest BCUT2D eigenvalue weighted by molar-refractivity contribution is -0.142. The Bertz CT molecular complexity index is 930. The number of rotatable bonds is 1. The molecule has 3 aromatic rings. The summed E-state index contributed by atoms with van der Waals surface area (Å²) < 4.78 is 43.3. The van der Waals surface area contributed by atoms with Gasteiger partial charge in [0.25, 0.3) is 0 Å². The number of benzene rings is 1. The zero-order chi connectivity index (χ0) is 18.7. The van der Waals surface area contributed by atoms with E-state index >= 15 is 0 Å². The number of aromatic nitrogens is 3. The maximum atomic E-state index is 13.6. The van der Waals surface area contributed by atoms with Crippen molar-refractivity contribution in [2.75, 3.05) is 0 Å². The molecule has 0 bridgehead atoms. The third kappa shape index (κ3) is 2.82. The fourth-order valence-corrected chi connectivity index (χ4v) is 4.79. The molecular formula is C19H20F3N3S. The number of fused-ring (bicyclic) bond motifs is 2. The molecule has 0 radical (unpaired) electrons.